The summed E-state index contributed by atoms with van der Waals surface area (Å²) < 4.78 is 12.9. The van der Waals surface area contributed by atoms with E-state index in [9.17, 15) is 9.18 Å². The molecule has 0 bridgehead atoms. The van der Waals surface area contributed by atoms with Gasteiger partial charge in [0.15, 0.2) is 0 Å². The molecule has 3 rings (SSSR count). The summed E-state index contributed by atoms with van der Waals surface area (Å²) in [5, 5.41) is 6.33. The van der Waals surface area contributed by atoms with E-state index in [2.05, 4.69) is 10.6 Å². The molecule has 4 heteroatoms. The number of nitrogens with one attached hydrogen (secondary N) is 2. The molecule has 1 aliphatic carbocycles. The Morgan fingerprint density at radius 3 is 2.61 bits per heavy atom. The van der Waals surface area contributed by atoms with Gasteiger partial charge in [0.1, 0.15) is 5.82 Å². The molecular weight excluding hydrogens is 231 g/mol. The number of rotatable bonds is 3. The van der Waals surface area contributed by atoms with E-state index in [1.165, 1.54) is 12.1 Å². The summed E-state index contributed by atoms with van der Waals surface area (Å²) >= 11 is 0. The molecule has 1 amide bonds. The van der Waals surface area contributed by atoms with Crippen LogP contribution < -0.4 is 10.6 Å². The van der Waals surface area contributed by atoms with Crippen LogP contribution in [0.1, 0.15) is 24.8 Å². The van der Waals surface area contributed by atoms with Gasteiger partial charge in [-0.25, -0.2) is 4.39 Å². The summed E-state index contributed by atoms with van der Waals surface area (Å²) in [6.07, 6.45) is 2.72. The van der Waals surface area contributed by atoms with Gasteiger partial charge in [-0.2, -0.15) is 0 Å². The molecule has 1 unspecified atom stereocenters. The van der Waals surface area contributed by atoms with Gasteiger partial charge in [0.2, 0.25) is 5.91 Å². The van der Waals surface area contributed by atoms with Crippen LogP contribution in [0.4, 0.5) is 4.39 Å². The monoisotopic (exact) mass is 248 g/mol. The van der Waals surface area contributed by atoms with Crippen molar-refractivity contribution in [3.8, 4) is 0 Å². The fourth-order valence-electron chi connectivity index (χ4n) is 2.64. The second kappa shape index (κ2) is 4.35. The zero-order chi connectivity index (χ0) is 12.6. The van der Waals surface area contributed by atoms with Gasteiger partial charge in [-0.05, 0) is 43.5 Å². The lowest BCUT2D eigenvalue weighted by atomic mass is 9.94. The van der Waals surface area contributed by atoms with Crippen LogP contribution in [-0.2, 0) is 10.2 Å². The minimum atomic E-state index is -0.393. The van der Waals surface area contributed by atoms with Crippen LogP contribution in [0.5, 0.6) is 0 Å². The van der Waals surface area contributed by atoms with Crippen LogP contribution >= 0.6 is 0 Å². The fraction of sp³-hybridized carbons (Fsp3) is 0.500. The highest BCUT2D eigenvalue weighted by atomic mass is 19.1. The number of carbonyl (C=O) groups excluding carboxylic acids is 1. The molecule has 2 fully saturated rings. The van der Waals surface area contributed by atoms with Crippen LogP contribution in [0.15, 0.2) is 24.3 Å². The third-order valence-electron chi connectivity index (χ3n) is 3.98. The van der Waals surface area contributed by atoms with Gasteiger partial charge in [0.05, 0.1) is 5.41 Å². The van der Waals surface area contributed by atoms with Gasteiger partial charge in [-0.15, -0.1) is 0 Å². The molecule has 1 atom stereocenters. The average Bonchev–Trinajstić information content (AvgIpc) is 3.03. The summed E-state index contributed by atoms with van der Waals surface area (Å²) in [6.45, 7) is 1.82. The van der Waals surface area contributed by atoms with Gasteiger partial charge < -0.3 is 10.6 Å². The zero-order valence-electron chi connectivity index (χ0n) is 10.2. The lowest BCUT2D eigenvalue weighted by Crippen LogP contribution is -2.42. The van der Waals surface area contributed by atoms with Crippen LogP contribution in [0.25, 0.3) is 0 Å². The normalized spacial score (nSPS) is 24.8. The molecule has 18 heavy (non-hydrogen) atoms. The number of amides is 1. The van der Waals surface area contributed by atoms with Crippen molar-refractivity contribution in [2.24, 2.45) is 0 Å². The van der Waals surface area contributed by atoms with Gasteiger partial charge in [0.25, 0.3) is 0 Å². The fourth-order valence-corrected chi connectivity index (χ4v) is 2.64. The summed E-state index contributed by atoms with van der Waals surface area (Å²) in [5.74, 6) is -0.155. The lowest BCUT2D eigenvalue weighted by Gasteiger charge is -2.19. The maximum absolute atomic E-state index is 12.9. The van der Waals surface area contributed by atoms with E-state index in [0.29, 0.717) is 0 Å². The molecule has 1 saturated carbocycles. The van der Waals surface area contributed by atoms with Crippen LogP contribution in [-0.4, -0.2) is 25.0 Å². The van der Waals surface area contributed by atoms with Crippen LogP contribution in [0.3, 0.4) is 0 Å². The summed E-state index contributed by atoms with van der Waals surface area (Å²) in [6, 6.07) is 6.57. The summed E-state index contributed by atoms with van der Waals surface area (Å²) in [7, 11) is 0. The second-order valence-electron chi connectivity index (χ2n) is 5.25. The molecule has 1 saturated heterocycles. The number of hydrogen-bond donors (Lipinski definition) is 2. The number of halogens is 1. The third kappa shape index (κ3) is 2.01. The minimum absolute atomic E-state index is 0.0998. The van der Waals surface area contributed by atoms with E-state index in [1.54, 1.807) is 12.1 Å². The first-order valence-electron chi connectivity index (χ1n) is 6.48. The number of benzene rings is 1. The van der Waals surface area contributed by atoms with E-state index in [1.807, 2.05) is 0 Å². The molecule has 0 radical (unpaired) electrons. The molecule has 0 spiro atoms. The molecule has 1 aliphatic heterocycles. The Hall–Kier alpha value is -1.42. The first-order chi connectivity index (χ1) is 8.71. The highest BCUT2D eigenvalue weighted by Gasteiger charge is 2.51. The third-order valence-corrected chi connectivity index (χ3v) is 3.98. The van der Waals surface area contributed by atoms with Crippen molar-refractivity contribution >= 4 is 5.91 Å². The van der Waals surface area contributed by atoms with Crippen molar-refractivity contribution in [3.63, 3.8) is 0 Å². The average molecular weight is 248 g/mol. The topological polar surface area (TPSA) is 41.1 Å². The highest BCUT2D eigenvalue weighted by Crippen LogP contribution is 2.48. The maximum atomic E-state index is 12.9. The largest absolute Gasteiger partial charge is 0.351 e. The van der Waals surface area contributed by atoms with Gasteiger partial charge in [-0.3, -0.25) is 4.79 Å². The van der Waals surface area contributed by atoms with Gasteiger partial charge in [0, 0.05) is 12.6 Å². The lowest BCUT2D eigenvalue weighted by molar-refractivity contribution is -0.124. The Labute approximate surface area is 106 Å². The predicted molar refractivity (Wildman–Crippen MR) is 66.7 cm³/mol. The van der Waals surface area contributed by atoms with E-state index in [-0.39, 0.29) is 17.8 Å². The molecule has 1 heterocycles. The Morgan fingerprint density at radius 1 is 1.33 bits per heavy atom. The van der Waals surface area contributed by atoms with E-state index in [4.69, 9.17) is 0 Å². The SMILES string of the molecule is O=C(NC1CCNC1)C1(c2ccc(F)cc2)CC1. The molecule has 2 aliphatic rings. The van der Waals surface area contributed by atoms with Crippen molar-refractivity contribution < 1.29 is 9.18 Å². The van der Waals surface area contributed by atoms with Gasteiger partial charge >= 0.3 is 0 Å². The molecule has 0 aromatic heterocycles. The van der Waals surface area contributed by atoms with Crippen molar-refractivity contribution in [1.29, 1.82) is 0 Å². The molecular formula is C14H17FN2O. The molecule has 3 nitrogen and oxygen atoms in total. The highest BCUT2D eigenvalue weighted by molar-refractivity contribution is 5.91. The standard InChI is InChI=1S/C14H17FN2O/c15-11-3-1-10(2-4-11)14(6-7-14)13(18)17-12-5-8-16-9-12/h1-4,12,16H,5-9H2,(H,17,18). The maximum Gasteiger partial charge on any atom is 0.230 e. The van der Waals surface area contributed by atoms with Crippen LogP contribution in [0.2, 0.25) is 0 Å². The molecule has 2 N–H and O–H groups in total. The van der Waals surface area contributed by atoms with Crippen molar-refractivity contribution in [2.75, 3.05) is 13.1 Å². The molecule has 1 aromatic carbocycles. The Morgan fingerprint density at radius 2 is 2.06 bits per heavy atom. The number of carbonyl (C=O) groups is 1. The second-order valence-corrected chi connectivity index (χ2v) is 5.25. The Kier molecular flexibility index (Phi) is 2.82. The predicted octanol–water partition coefficient (Wildman–Crippen LogP) is 1.34. The zero-order valence-corrected chi connectivity index (χ0v) is 10.2. The Balaban J connectivity index is 1.73. The summed E-state index contributed by atoms with van der Waals surface area (Å²) in [5.41, 5.74) is 0.545. The first-order valence-corrected chi connectivity index (χ1v) is 6.48. The minimum Gasteiger partial charge on any atom is -0.351 e. The van der Waals surface area contributed by atoms with E-state index >= 15 is 0 Å². The van der Waals surface area contributed by atoms with Crippen molar-refractivity contribution in [1.82, 2.24) is 10.6 Å². The van der Waals surface area contributed by atoms with E-state index < -0.39 is 5.41 Å². The van der Waals surface area contributed by atoms with Gasteiger partial charge in [-0.1, -0.05) is 12.1 Å². The van der Waals surface area contributed by atoms with Crippen molar-refractivity contribution in [3.05, 3.63) is 35.6 Å². The smallest absolute Gasteiger partial charge is 0.230 e. The molecule has 1 aromatic rings. The van der Waals surface area contributed by atoms with Crippen LogP contribution in [0, 0.1) is 5.82 Å². The number of hydrogen-bond acceptors (Lipinski definition) is 2. The summed E-state index contributed by atoms with van der Waals surface area (Å²) in [4.78, 5) is 12.3. The molecule has 96 valence electrons. The van der Waals surface area contributed by atoms with E-state index in [0.717, 1.165) is 37.9 Å². The van der Waals surface area contributed by atoms with Crippen molar-refractivity contribution in [2.45, 2.75) is 30.7 Å². The Bertz CT molecular complexity index is 447. The first kappa shape index (κ1) is 11.7. The quantitative estimate of drug-likeness (QED) is 0.847.